The highest BCUT2D eigenvalue weighted by Gasteiger charge is 2.08. The Kier molecular flexibility index (Phi) is 4.74. The van der Waals surface area contributed by atoms with Gasteiger partial charge in [-0.3, -0.25) is 4.98 Å². The summed E-state index contributed by atoms with van der Waals surface area (Å²) in [5, 5.41) is 0. The maximum atomic E-state index is 13.5. The smallest absolute Gasteiger partial charge is 0.125 e. The predicted octanol–water partition coefficient (Wildman–Crippen LogP) is 3.99. The predicted molar refractivity (Wildman–Crippen MR) is 76.9 cm³/mol. The first-order valence-corrected chi connectivity index (χ1v) is 6.76. The highest BCUT2D eigenvalue weighted by atomic mass is 35.5. The molecule has 0 N–H and O–H groups in total. The number of pyridine rings is 1. The van der Waals surface area contributed by atoms with Crippen molar-refractivity contribution in [2.45, 2.75) is 19.3 Å². The van der Waals surface area contributed by atoms with Crippen molar-refractivity contribution in [3.05, 3.63) is 59.7 Å². The van der Waals surface area contributed by atoms with E-state index in [9.17, 15) is 4.39 Å². The molecule has 0 saturated carbocycles. The summed E-state index contributed by atoms with van der Waals surface area (Å²) in [4.78, 5) is 6.37. The molecule has 19 heavy (non-hydrogen) atoms. The fourth-order valence-electron chi connectivity index (χ4n) is 1.97. The number of hydrogen-bond acceptors (Lipinski definition) is 2. The summed E-state index contributed by atoms with van der Waals surface area (Å²) in [5.41, 5.74) is 2.58. The molecule has 0 aliphatic rings. The largest absolute Gasteiger partial charge is 0.366 e. The molecule has 0 radical (unpaired) electrons. The number of anilines is 1. The molecule has 1 aromatic carbocycles. The maximum Gasteiger partial charge on any atom is 0.125 e. The summed E-state index contributed by atoms with van der Waals surface area (Å²) in [7, 11) is 0. The molecule has 2 aromatic rings. The molecular formula is C15H16ClFN2. The summed E-state index contributed by atoms with van der Waals surface area (Å²) in [5.74, 6) is 0.0546. The molecule has 2 nitrogen and oxygen atoms in total. The van der Waals surface area contributed by atoms with E-state index in [1.807, 2.05) is 31.2 Å². The second-order valence-electron chi connectivity index (χ2n) is 4.29. The molecule has 0 spiro atoms. The van der Waals surface area contributed by atoms with Crippen LogP contribution in [0.2, 0.25) is 0 Å². The second kappa shape index (κ2) is 6.53. The van der Waals surface area contributed by atoms with Crippen LogP contribution in [-0.2, 0) is 12.4 Å². The number of rotatable bonds is 5. The molecule has 4 heteroatoms. The summed E-state index contributed by atoms with van der Waals surface area (Å²) < 4.78 is 13.5. The van der Waals surface area contributed by atoms with Crippen molar-refractivity contribution in [1.29, 1.82) is 0 Å². The molecule has 1 heterocycles. The minimum atomic E-state index is -0.257. The Balaban J connectivity index is 2.24. The SMILES string of the molecule is CCN(Cc1ccccn1)c1cc(F)cc(CCl)c1. The van der Waals surface area contributed by atoms with Crippen LogP contribution in [0.3, 0.4) is 0 Å². The van der Waals surface area contributed by atoms with Crippen molar-refractivity contribution in [1.82, 2.24) is 4.98 Å². The molecule has 0 unspecified atom stereocenters. The average molecular weight is 279 g/mol. The van der Waals surface area contributed by atoms with Gasteiger partial charge in [0.1, 0.15) is 5.82 Å². The van der Waals surface area contributed by atoms with Crippen LogP contribution in [0.4, 0.5) is 10.1 Å². The summed E-state index contributed by atoms with van der Waals surface area (Å²) in [6, 6.07) is 10.7. The Morgan fingerprint density at radius 3 is 2.74 bits per heavy atom. The van der Waals surface area contributed by atoms with E-state index in [0.29, 0.717) is 12.4 Å². The van der Waals surface area contributed by atoms with Gasteiger partial charge in [0.2, 0.25) is 0 Å². The normalized spacial score (nSPS) is 10.5. The molecule has 0 fully saturated rings. The minimum Gasteiger partial charge on any atom is -0.366 e. The number of halogens is 2. The minimum absolute atomic E-state index is 0.257. The van der Waals surface area contributed by atoms with Crippen LogP contribution in [0.5, 0.6) is 0 Å². The lowest BCUT2D eigenvalue weighted by Crippen LogP contribution is -2.22. The van der Waals surface area contributed by atoms with Crippen molar-refractivity contribution in [3.8, 4) is 0 Å². The van der Waals surface area contributed by atoms with E-state index in [2.05, 4.69) is 9.88 Å². The number of nitrogens with zero attached hydrogens (tertiary/aromatic N) is 2. The van der Waals surface area contributed by atoms with Crippen LogP contribution < -0.4 is 4.90 Å². The van der Waals surface area contributed by atoms with Gasteiger partial charge in [-0.1, -0.05) is 6.07 Å². The summed E-state index contributed by atoms with van der Waals surface area (Å²) in [6.45, 7) is 3.47. The first kappa shape index (κ1) is 13.8. The molecule has 0 amide bonds. The van der Waals surface area contributed by atoms with Crippen LogP contribution in [0.15, 0.2) is 42.6 Å². The Morgan fingerprint density at radius 1 is 1.26 bits per heavy atom. The highest BCUT2D eigenvalue weighted by Crippen LogP contribution is 2.21. The number of alkyl halides is 1. The van der Waals surface area contributed by atoms with Gasteiger partial charge in [0.15, 0.2) is 0 Å². The molecule has 2 rings (SSSR count). The third-order valence-corrected chi connectivity index (χ3v) is 3.23. The van der Waals surface area contributed by atoms with E-state index < -0.39 is 0 Å². The molecule has 0 atom stereocenters. The topological polar surface area (TPSA) is 16.1 Å². The van der Waals surface area contributed by atoms with Gasteiger partial charge in [0.25, 0.3) is 0 Å². The van der Waals surface area contributed by atoms with E-state index >= 15 is 0 Å². The molecule has 0 aliphatic heterocycles. The Labute approximate surface area is 117 Å². The van der Waals surface area contributed by atoms with Gasteiger partial charge in [-0.15, -0.1) is 11.6 Å². The quantitative estimate of drug-likeness (QED) is 0.769. The van der Waals surface area contributed by atoms with E-state index in [4.69, 9.17) is 11.6 Å². The van der Waals surface area contributed by atoms with Gasteiger partial charge < -0.3 is 4.90 Å². The number of hydrogen-bond donors (Lipinski definition) is 0. The van der Waals surface area contributed by atoms with Crippen LogP contribution >= 0.6 is 11.6 Å². The first-order valence-electron chi connectivity index (χ1n) is 6.23. The van der Waals surface area contributed by atoms with Crippen molar-refractivity contribution < 1.29 is 4.39 Å². The average Bonchev–Trinajstić information content (AvgIpc) is 2.45. The van der Waals surface area contributed by atoms with E-state index in [1.165, 1.54) is 12.1 Å². The standard InChI is InChI=1S/C15H16ClFN2/c1-2-19(11-14-5-3-4-6-18-14)15-8-12(10-16)7-13(17)9-15/h3-9H,2,10-11H2,1H3. The Bertz CT molecular complexity index is 531. The maximum absolute atomic E-state index is 13.5. The van der Waals surface area contributed by atoms with E-state index in [1.54, 1.807) is 6.20 Å². The van der Waals surface area contributed by atoms with Gasteiger partial charge in [-0.05, 0) is 42.8 Å². The van der Waals surface area contributed by atoms with Crippen molar-refractivity contribution in [3.63, 3.8) is 0 Å². The molecule has 0 saturated heterocycles. The highest BCUT2D eigenvalue weighted by molar-refractivity contribution is 6.17. The van der Waals surface area contributed by atoms with E-state index in [0.717, 1.165) is 23.5 Å². The fourth-order valence-corrected chi connectivity index (χ4v) is 2.12. The van der Waals surface area contributed by atoms with Crippen LogP contribution in [-0.4, -0.2) is 11.5 Å². The molecule has 100 valence electrons. The van der Waals surface area contributed by atoms with Crippen LogP contribution in [0, 0.1) is 5.82 Å². The number of benzene rings is 1. The summed E-state index contributed by atoms with van der Waals surface area (Å²) >= 11 is 5.78. The van der Waals surface area contributed by atoms with Crippen molar-refractivity contribution in [2.75, 3.05) is 11.4 Å². The third kappa shape index (κ3) is 3.67. The van der Waals surface area contributed by atoms with Gasteiger partial charge in [-0.25, -0.2) is 4.39 Å². The molecule has 0 aliphatic carbocycles. The zero-order valence-electron chi connectivity index (χ0n) is 10.8. The van der Waals surface area contributed by atoms with E-state index in [-0.39, 0.29) is 5.82 Å². The van der Waals surface area contributed by atoms with Gasteiger partial charge >= 0.3 is 0 Å². The molecule has 0 bridgehead atoms. The Hall–Kier alpha value is -1.61. The molecular weight excluding hydrogens is 263 g/mol. The second-order valence-corrected chi connectivity index (χ2v) is 4.55. The fraction of sp³-hybridized carbons (Fsp3) is 0.267. The molecule has 1 aromatic heterocycles. The van der Waals surface area contributed by atoms with Crippen molar-refractivity contribution >= 4 is 17.3 Å². The zero-order chi connectivity index (χ0) is 13.7. The number of aromatic nitrogens is 1. The lowest BCUT2D eigenvalue weighted by molar-refractivity contribution is 0.625. The first-order chi connectivity index (χ1) is 9.22. The third-order valence-electron chi connectivity index (χ3n) is 2.92. The lowest BCUT2D eigenvalue weighted by Gasteiger charge is -2.23. The summed E-state index contributed by atoms with van der Waals surface area (Å²) in [6.07, 6.45) is 1.76. The monoisotopic (exact) mass is 278 g/mol. The van der Waals surface area contributed by atoms with Gasteiger partial charge in [0.05, 0.1) is 12.2 Å². The Morgan fingerprint density at radius 2 is 2.11 bits per heavy atom. The van der Waals surface area contributed by atoms with Crippen LogP contribution in [0.25, 0.3) is 0 Å². The van der Waals surface area contributed by atoms with Gasteiger partial charge in [-0.2, -0.15) is 0 Å². The van der Waals surface area contributed by atoms with Gasteiger partial charge in [0, 0.05) is 24.3 Å². The lowest BCUT2D eigenvalue weighted by atomic mass is 10.2. The van der Waals surface area contributed by atoms with Crippen molar-refractivity contribution in [2.24, 2.45) is 0 Å². The van der Waals surface area contributed by atoms with Crippen LogP contribution in [0.1, 0.15) is 18.2 Å². The zero-order valence-corrected chi connectivity index (χ0v) is 11.6.